The predicted molar refractivity (Wildman–Crippen MR) is 90.4 cm³/mol. The van der Waals surface area contributed by atoms with Gasteiger partial charge in [0.05, 0.1) is 6.54 Å². The Morgan fingerprint density at radius 2 is 1.74 bits per heavy atom. The van der Waals surface area contributed by atoms with E-state index in [9.17, 15) is 14.4 Å². The van der Waals surface area contributed by atoms with Gasteiger partial charge in [0.1, 0.15) is 0 Å². The molecule has 0 aliphatic rings. The van der Waals surface area contributed by atoms with Gasteiger partial charge in [0.15, 0.2) is 0 Å². The van der Waals surface area contributed by atoms with E-state index in [1.54, 1.807) is 13.0 Å². The summed E-state index contributed by atoms with van der Waals surface area (Å²) < 4.78 is 0. The fraction of sp³-hybridized carbons (Fsp3) is 0.438. The number of imide groups is 1. The Morgan fingerprint density at radius 1 is 1.04 bits per heavy atom. The molecule has 1 aromatic carbocycles. The minimum atomic E-state index is -0.517. The average Bonchev–Trinajstić information content (AvgIpc) is 2.48. The third-order valence-corrected chi connectivity index (χ3v) is 3.11. The molecule has 0 aromatic heterocycles. The lowest BCUT2D eigenvalue weighted by molar-refractivity contribution is -0.118. The van der Waals surface area contributed by atoms with E-state index in [0.717, 1.165) is 17.7 Å². The monoisotopic (exact) mass is 320 g/mol. The van der Waals surface area contributed by atoms with E-state index in [-0.39, 0.29) is 12.5 Å². The van der Waals surface area contributed by atoms with Crippen molar-refractivity contribution in [3.05, 3.63) is 23.8 Å². The standard InChI is InChI=1S/C16H24N4O3/c1-4-7-14(21)19-13-9-6-8-12(11(13)3)18-10-15(22)20-16(23)17-5-2/h6,8-9,18H,4-5,7,10H2,1-3H3,(H,19,21)(H2,17,20,22,23). The molecule has 0 aliphatic carbocycles. The highest BCUT2D eigenvalue weighted by atomic mass is 16.2. The lowest BCUT2D eigenvalue weighted by atomic mass is 10.1. The molecule has 4 N–H and O–H groups in total. The van der Waals surface area contributed by atoms with Crippen LogP contribution in [0.15, 0.2) is 18.2 Å². The number of urea groups is 1. The van der Waals surface area contributed by atoms with E-state index in [1.807, 2.05) is 26.0 Å². The number of amides is 4. The van der Waals surface area contributed by atoms with Gasteiger partial charge in [0.2, 0.25) is 11.8 Å². The fourth-order valence-corrected chi connectivity index (χ4v) is 1.95. The molecule has 0 saturated carbocycles. The van der Waals surface area contributed by atoms with Gasteiger partial charge in [-0.05, 0) is 38.0 Å². The zero-order valence-corrected chi connectivity index (χ0v) is 13.8. The van der Waals surface area contributed by atoms with Crippen molar-refractivity contribution in [3.8, 4) is 0 Å². The summed E-state index contributed by atoms with van der Waals surface area (Å²) in [6.07, 6.45) is 1.24. The Kier molecular flexibility index (Phi) is 7.59. The maximum absolute atomic E-state index is 11.7. The molecular weight excluding hydrogens is 296 g/mol. The quantitative estimate of drug-likeness (QED) is 0.617. The highest BCUT2D eigenvalue weighted by molar-refractivity contribution is 5.96. The largest absolute Gasteiger partial charge is 0.376 e. The molecule has 0 radical (unpaired) electrons. The highest BCUT2D eigenvalue weighted by Crippen LogP contribution is 2.23. The first-order valence-corrected chi connectivity index (χ1v) is 7.68. The fourth-order valence-electron chi connectivity index (χ4n) is 1.95. The van der Waals surface area contributed by atoms with Gasteiger partial charge in [-0.15, -0.1) is 0 Å². The third-order valence-electron chi connectivity index (χ3n) is 3.11. The lowest BCUT2D eigenvalue weighted by Crippen LogP contribution is -2.41. The molecule has 0 heterocycles. The Morgan fingerprint density at radius 3 is 2.39 bits per heavy atom. The molecule has 0 unspecified atom stereocenters. The Balaban J connectivity index is 2.62. The topological polar surface area (TPSA) is 99.3 Å². The van der Waals surface area contributed by atoms with Gasteiger partial charge in [0, 0.05) is 24.3 Å². The molecule has 4 amide bonds. The normalized spacial score (nSPS) is 9.87. The summed E-state index contributed by atoms with van der Waals surface area (Å²) in [5.41, 5.74) is 2.27. The van der Waals surface area contributed by atoms with E-state index in [4.69, 9.17) is 0 Å². The summed E-state index contributed by atoms with van der Waals surface area (Å²) >= 11 is 0. The van der Waals surface area contributed by atoms with Gasteiger partial charge in [0.25, 0.3) is 0 Å². The van der Waals surface area contributed by atoms with Crippen molar-refractivity contribution in [1.82, 2.24) is 10.6 Å². The summed E-state index contributed by atoms with van der Waals surface area (Å²) in [5, 5.41) is 10.5. The van der Waals surface area contributed by atoms with Gasteiger partial charge >= 0.3 is 6.03 Å². The smallest absolute Gasteiger partial charge is 0.321 e. The van der Waals surface area contributed by atoms with Crippen LogP contribution in [-0.2, 0) is 9.59 Å². The first-order valence-electron chi connectivity index (χ1n) is 7.68. The summed E-state index contributed by atoms with van der Waals surface area (Å²) in [4.78, 5) is 34.6. The van der Waals surface area contributed by atoms with Crippen molar-refractivity contribution in [1.29, 1.82) is 0 Å². The third kappa shape index (κ3) is 6.37. The Labute approximate surface area is 136 Å². The maximum Gasteiger partial charge on any atom is 0.321 e. The molecule has 1 rings (SSSR count). The van der Waals surface area contributed by atoms with Crippen molar-refractivity contribution in [3.63, 3.8) is 0 Å². The van der Waals surface area contributed by atoms with Crippen LogP contribution in [-0.4, -0.2) is 30.9 Å². The number of hydrogen-bond acceptors (Lipinski definition) is 4. The average molecular weight is 320 g/mol. The lowest BCUT2D eigenvalue weighted by Gasteiger charge is -2.14. The Hall–Kier alpha value is -2.57. The molecule has 0 saturated heterocycles. The minimum Gasteiger partial charge on any atom is -0.376 e. The van der Waals surface area contributed by atoms with Gasteiger partial charge in [-0.3, -0.25) is 14.9 Å². The second kappa shape index (κ2) is 9.45. The molecule has 1 aromatic rings. The van der Waals surface area contributed by atoms with E-state index in [0.29, 0.717) is 18.7 Å². The molecule has 0 aliphatic heterocycles. The van der Waals surface area contributed by atoms with Crippen molar-refractivity contribution in [2.24, 2.45) is 0 Å². The van der Waals surface area contributed by atoms with Crippen LogP contribution < -0.4 is 21.3 Å². The molecule has 23 heavy (non-hydrogen) atoms. The van der Waals surface area contributed by atoms with Gasteiger partial charge in [-0.2, -0.15) is 0 Å². The molecule has 0 spiro atoms. The van der Waals surface area contributed by atoms with E-state index < -0.39 is 11.9 Å². The van der Waals surface area contributed by atoms with E-state index in [1.165, 1.54) is 0 Å². The number of nitrogens with one attached hydrogen (secondary N) is 4. The number of carbonyl (C=O) groups excluding carboxylic acids is 3. The van der Waals surface area contributed by atoms with Crippen LogP contribution in [0.5, 0.6) is 0 Å². The Bertz CT molecular complexity index is 572. The first kappa shape index (κ1) is 18.5. The number of hydrogen-bond donors (Lipinski definition) is 4. The molecule has 0 atom stereocenters. The van der Waals surface area contributed by atoms with Gasteiger partial charge in [-0.1, -0.05) is 13.0 Å². The summed E-state index contributed by atoms with van der Waals surface area (Å²) in [6, 6.07) is 4.89. The predicted octanol–water partition coefficient (Wildman–Crippen LogP) is 1.99. The second-order valence-electron chi connectivity index (χ2n) is 5.04. The number of anilines is 2. The number of benzene rings is 1. The van der Waals surface area contributed by atoms with Gasteiger partial charge < -0.3 is 16.0 Å². The minimum absolute atomic E-state index is 0.0374. The maximum atomic E-state index is 11.7. The summed E-state index contributed by atoms with van der Waals surface area (Å²) in [6.45, 7) is 5.97. The van der Waals surface area contributed by atoms with Crippen LogP contribution in [0.3, 0.4) is 0 Å². The van der Waals surface area contributed by atoms with Crippen molar-refractivity contribution in [2.75, 3.05) is 23.7 Å². The van der Waals surface area contributed by atoms with Crippen LogP contribution in [0, 0.1) is 6.92 Å². The molecule has 126 valence electrons. The molecule has 0 fully saturated rings. The van der Waals surface area contributed by atoms with Crippen LogP contribution in [0.4, 0.5) is 16.2 Å². The van der Waals surface area contributed by atoms with E-state index in [2.05, 4.69) is 21.3 Å². The SMILES string of the molecule is CCCC(=O)Nc1cccc(NCC(=O)NC(=O)NCC)c1C. The summed E-state index contributed by atoms with van der Waals surface area (Å²) in [5.74, 6) is -0.475. The van der Waals surface area contributed by atoms with E-state index >= 15 is 0 Å². The van der Waals surface area contributed by atoms with Crippen LogP contribution in [0.25, 0.3) is 0 Å². The number of carbonyl (C=O) groups is 3. The first-order chi connectivity index (χ1) is 11.0. The zero-order valence-electron chi connectivity index (χ0n) is 13.8. The number of rotatable bonds is 7. The molecule has 7 nitrogen and oxygen atoms in total. The van der Waals surface area contributed by atoms with Crippen LogP contribution in [0.1, 0.15) is 32.3 Å². The molecular formula is C16H24N4O3. The zero-order chi connectivity index (χ0) is 17.2. The van der Waals surface area contributed by atoms with Crippen LogP contribution in [0.2, 0.25) is 0 Å². The van der Waals surface area contributed by atoms with Gasteiger partial charge in [-0.25, -0.2) is 4.79 Å². The van der Waals surface area contributed by atoms with Crippen molar-refractivity contribution in [2.45, 2.75) is 33.6 Å². The van der Waals surface area contributed by atoms with Crippen molar-refractivity contribution < 1.29 is 14.4 Å². The summed E-state index contributed by atoms with van der Waals surface area (Å²) in [7, 11) is 0. The second-order valence-corrected chi connectivity index (χ2v) is 5.04. The van der Waals surface area contributed by atoms with Crippen LogP contribution >= 0.6 is 0 Å². The molecule has 7 heteroatoms. The van der Waals surface area contributed by atoms with Crippen molar-refractivity contribution >= 4 is 29.2 Å². The molecule has 0 bridgehead atoms. The highest BCUT2D eigenvalue weighted by Gasteiger charge is 2.09.